The molecule has 1 unspecified atom stereocenters. The molecule has 4 N–H and O–H groups in total. The van der Waals surface area contributed by atoms with Gasteiger partial charge in [-0.15, -0.1) is 0 Å². The molecule has 1 aromatic carbocycles. The summed E-state index contributed by atoms with van der Waals surface area (Å²) in [7, 11) is 2.21. The fraction of sp³-hybridized carbons (Fsp3) is 0.333. The van der Waals surface area contributed by atoms with Crippen LogP contribution in [0, 0.1) is 10.1 Å². The zero-order chi connectivity index (χ0) is 19.6. The third-order valence-electron chi connectivity index (χ3n) is 3.93. The van der Waals surface area contributed by atoms with Gasteiger partial charge < -0.3 is 20.7 Å². The van der Waals surface area contributed by atoms with E-state index in [9.17, 15) is 25.1 Å². The van der Waals surface area contributed by atoms with Crippen LogP contribution in [-0.4, -0.2) is 48.8 Å². The minimum Gasteiger partial charge on any atom is -0.394 e. The molecule has 0 aliphatic carbocycles. The summed E-state index contributed by atoms with van der Waals surface area (Å²) in [5, 5.41) is 30.4. The molecule has 1 saturated heterocycles. The number of nitro benzene ring substituents is 1. The van der Waals surface area contributed by atoms with Crippen LogP contribution in [-0.2, 0) is 4.74 Å². The molecule has 1 aromatic heterocycles. The van der Waals surface area contributed by atoms with Gasteiger partial charge in [-0.25, -0.2) is 4.79 Å². The summed E-state index contributed by atoms with van der Waals surface area (Å²) >= 11 is 0. The van der Waals surface area contributed by atoms with Crippen LogP contribution in [0.2, 0.25) is 0 Å². The predicted octanol–water partition coefficient (Wildman–Crippen LogP) is 0.793. The number of aliphatic hydroxyl groups is 2. The second kappa shape index (κ2) is 8.27. The summed E-state index contributed by atoms with van der Waals surface area (Å²) in [6, 6.07) is 7.62. The Labute approximate surface area is 160 Å². The third-order valence-corrected chi connectivity index (χ3v) is 6.78. The van der Waals surface area contributed by atoms with Gasteiger partial charge in [-0.05, 0) is 22.9 Å². The number of nitrogens with zero attached hydrogens (tertiary/aromatic N) is 3. The van der Waals surface area contributed by atoms with Crippen LogP contribution in [0.4, 0.5) is 11.5 Å². The number of anilines is 1. The average Bonchev–Trinajstić information content (AvgIpc) is 2.95. The van der Waals surface area contributed by atoms with Gasteiger partial charge in [0.05, 0.1) is 27.8 Å². The van der Waals surface area contributed by atoms with Gasteiger partial charge in [-0.2, -0.15) is 4.98 Å². The lowest BCUT2D eigenvalue weighted by atomic mass is 10.2. The molecule has 2 heterocycles. The number of nitro groups is 1. The highest BCUT2D eigenvalue weighted by molar-refractivity contribution is 8.77. The number of nitrogen functional groups attached to an aromatic ring is 1. The number of benzene rings is 1. The summed E-state index contributed by atoms with van der Waals surface area (Å²) in [6.45, 7) is -0.442. The molecule has 27 heavy (non-hydrogen) atoms. The molecule has 0 spiro atoms. The van der Waals surface area contributed by atoms with Crippen molar-refractivity contribution in [2.75, 3.05) is 12.3 Å². The van der Waals surface area contributed by atoms with Gasteiger partial charge in [0.2, 0.25) is 0 Å². The number of rotatable bonds is 6. The highest BCUT2D eigenvalue weighted by atomic mass is 33.1. The van der Waals surface area contributed by atoms with E-state index in [4.69, 9.17) is 10.5 Å². The Morgan fingerprint density at radius 3 is 2.78 bits per heavy atom. The number of para-hydroxylation sites is 1. The Morgan fingerprint density at radius 2 is 2.11 bits per heavy atom. The summed E-state index contributed by atoms with van der Waals surface area (Å²) < 4.78 is 6.80. The second-order valence-corrected chi connectivity index (χ2v) is 8.07. The molecule has 0 radical (unpaired) electrons. The number of ether oxygens (including phenoxy) is 1. The molecule has 0 saturated carbocycles. The summed E-state index contributed by atoms with van der Waals surface area (Å²) in [5.74, 6) is 0.0481. The topological polar surface area (TPSA) is 154 Å². The number of aromatic nitrogens is 2. The number of hydrogen-bond donors (Lipinski definition) is 3. The molecule has 1 aliphatic rings. The monoisotopic (exact) mass is 412 g/mol. The van der Waals surface area contributed by atoms with Gasteiger partial charge >= 0.3 is 5.69 Å². The first-order chi connectivity index (χ1) is 12.9. The van der Waals surface area contributed by atoms with Crippen LogP contribution >= 0.6 is 21.6 Å². The molecule has 3 rings (SSSR count). The number of hydrogen-bond acceptors (Lipinski definition) is 10. The van der Waals surface area contributed by atoms with Crippen molar-refractivity contribution in [3.63, 3.8) is 0 Å². The molecule has 1 aliphatic heterocycles. The Hall–Kier alpha value is -2.12. The van der Waals surface area contributed by atoms with E-state index in [-0.39, 0.29) is 11.5 Å². The normalized spacial score (nSPS) is 24.8. The van der Waals surface area contributed by atoms with Crippen LogP contribution < -0.4 is 11.4 Å². The molecule has 10 nitrogen and oxygen atoms in total. The van der Waals surface area contributed by atoms with Crippen molar-refractivity contribution in [1.29, 1.82) is 0 Å². The molecule has 12 heteroatoms. The van der Waals surface area contributed by atoms with E-state index in [0.717, 1.165) is 21.6 Å². The van der Waals surface area contributed by atoms with Crippen LogP contribution in [0.25, 0.3) is 0 Å². The minimum absolute atomic E-state index is 0.0481. The fourth-order valence-electron chi connectivity index (χ4n) is 2.60. The Kier molecular flexibility index (Phi) is 6.01. The van der Waals surface area contributed by atoms with Crippen molar-refractivity contribution in [3.8, 4) is 0 Å². The van der Waals surface area contributed by atoms with Gasteiger partial charge in [0.25, 0.3) is 5.69 Å². The maximum Gasteiger partial charge on any atom is 0.351 e. The van der Waals surface area contributed by atoms with Crippen molar-refractivity contribution in [2.45, 2.75) is 28.6 Å². The first-order valence-electron chi connectivity index (χ1n) is 7.78. The maximum atomic E-state index is 12.1. The lowest BCUT2D eigenvalue weighted by Gasteiger charge is -2.20. The van der Waals surface area contributed by atoms with E-state index < -0.39 is 40.9 Å². The van der Waals surface area contributed by atoms with E-state index in [1.165, 1.54) is 22.9 Å². The van der Waals surface area contributed by atoms with Crippen molar-refractivity contribution in [3.05, 3.63) is 57.1 Å². The van der Waals surface area contributed by atoms with E-state index >= 15 is 0 Å². The number of nitrogens with two attached hydrogens (primary N) is 1. The first-order valence-corrected chi connectivity index (χ1v) is 9.99. The van der Waals surface area contributed by atoms with Gasteiger partial charge in [0.1, 0.15) is 11.9 Å². The lowest BCUT2D eigenvalue weighted by Crippen LogP contribution is -2.34. The quantitative estimate of drug-likeness (QED) is 0.352. The Balaban J connectivity index is 1.87. The molecular weight excluding hydrogens is 396 g/mol. The minimum atomic E-state index is -1.09. The molecular formula is C15H16N4O6S2. The van der Waals surface area contributed by atoms with Crippen molar-refractivity contribution < 1.29 is 19.9 Å². The first kappa shape index (κ1) is 19.6. The van der Waals surface area contributed by atoms with Crippen LogP contribution in [0.1, 0.15) is 6.23 Å². The molecule has 0 amide bonds. The van der Waals surface area contributed by atoms with Gasteiger partial charge in [-0.3, -0.25) is 14.7 Å². The smallest absolute Gasteiger partial charge is 0.351 e. The molecule has 2 aromatic rings. The van der Waals surface area contributed by atoms with E-state index in [2.05, 4.69) is 4.98 Å². The van der Waals surface area contributed by atoms with Crippen molar-refractivity contribution in [1.82, 2.24) is 9.55 Å². The average molecular weight is 412 g/mol. The summed E-state index contributed by atoms with van der Waals surface area (Å²) in [5.41, 5.74) is 4.77. The fourth-order valence-corrected chi connectivity index (χ4v) is 5.45. The van der Waals surface area contributed by atoms with Gasteiger partial charge in [0, 0.05) is 12.3 Å². The highest BCUT2D eigenvalue weighted by Gasteiger charge is 2.45. The number of aliphatic hydroxyl groups excluding tert-OH is 2. The van der Waals surface area contributed by atoms with Crippen LogP contribution in [0.3, 0.4) is 0 Å². The predicted molar refractivity (Wildman–Crippen MR) is 100 cm³/mol. The molecule has 144 valence electrons. The van der Waals surface area contributed by atoms with E-state index in [1.54, 1.807) is 18.2 Å². The second-order valence-electron chi connectivity index (χ2n) is 5.65. The highest BCUT2D eigenvalue weighted by Crippen LogP contribution is 2.47. The van der Waals surface area contributed by atoms with Gasteiger partial charge in [-0.1, -0.05) is 22.9 Å². The third kappa shape index (κ3) is 4.09. The van der Waals surface area contributed by atoms with E-state index in [1.807, 2.05) is 0 Å². The Morgan fingerprint density at radius 1 is 1.37 bits per heavy atom. The van der Waals surface area contributed by atoms with Gasteiger partial charge in [0.15, 0.2) is 6.23 Å². The largest absolute Gasteiger partial charge is 0.394 e. The molecule has 0 bridgehead atoms. The zero-order valence-corrected chi connectivity index (χ0v) is 15.4. The SMILES string of the molecule is Nc1ccn([C@@H]2O[C@H](CO)[C@H](O)C2SSc2ccccc2[N+](=O)[O-])c(=O)n1. The molecule has 1 fully saturated rings. The van der Waals surface area contributed by atoms with Crippen LogP contribution in [0.15, 0.2) is 46.2 Å². The standard InChI is InChI=1S/C15H16N4O6S2/c16-11-5-6-18(15(22)17-11)14-13(12(21)9(7-20)25-14)27-26-10-4-2-1-3-8(10)19(23)24/h1-6,9,12-14,20-21H,7H2,(H2,16,17,22)/t9-,12+,13?,14-/m1/s1. The van der Waals surface area contributed by atoms with Crippen molar-refractivity contribution >= 4 is 33.1 Å². The van der Waals surface area contributed by atoms with E-state index in [0.29, 0.717) is 4.90 Å². The van der Waals surface area contributed by atoms with Crippen LogP contribution in [0.5, 0.6) is 0 Å². The lowest BCUT2D eigenvalue weighted by molar-refractivity contribution is -0.387. The van der Waals surface area contributed by atoms with Crippen molar-refractivity contribution in [2.24, 2.45) is 0 Å². The summed E-state index contributed by atoms with van der Waals surface area (Å²) in [6.07, 6.45) is -1.52. The zero-order valence-electron chi connectivity index (χ0n) is 13.7. The Bertz CT molecular complexity index is 895. The summed E-state index contributed by atoms with van der Waals surface area (Å²) in [4.78, 5) is 26.8. The molecule has 4 atom stereocenters. The maximum absolute atomic E-state index is 12.1.